The average molecular weight is 113 g/mol. The highest BCUT2D eigenvalue weighted by Gasteiger charge is 2.13. The van der Waals surface area contributed by atoms with Gasteiger partial charge in [-0.3, -0.25) is 0 Å². The molecule has 0 aliphatic heterocycles. The molecule has 0 unspecified atom stereocenters. The summed E-state index contributed by atoms with van der Waals surface area (Å²) in [5, 5.41) is 0. The normalized spacial score (nSPS) is 10.0. The summed E-state index contributed by atoms with van der Waals surface area (Å²) in [6, 6.07) is 0. The zero-order valence-corrected chi connectivity index (χ0v) is 5.91. The molecule has 0 fully saturated rings. The van der Waals surface area contributed by atoms with E-state index in [1.165, 1.54) is 0 Å². The minimum absolute atomic E-state index is 1.46. The van der Waals surface area contributed by atoms with E-state index >= 15 is 0 Å². The predicted molar refractivity (Wildman–Crippen MR) is 31.6 cm³/mol. The first kappa shape index (κ1) is 6.58. The Morgan fingerprint density at radius 1 is 1.43 bits per heavy atom. The van der Waals surface area contributed by atoms with Gasteiger partial charge in [-0.1, -0.05) is 0 Å². The lowest BCUT2D eigenvalue weighted by Crippen LogP contribution is -2.21. The van der Waals surface area contributed by atoms with Crippen molar-refractivity contribution in [2.24, 2.45) is 0 Å². The monoisotopic (exact) mass is 113 g/mol. The van der Waals surface area contributed by atoms with E-state index in [4.69, 9.17) is 10.8 Å². The van der Waals surface area contributed by atoms with Gasteiger partial charge in [0, 0.05) is 6.42 Å². The number of hydrogen-bond donors (Lipinski definition) is 0. The SMILES string of the molecule is [C]#CO[Si](C)(C)C. The van der Waals surface area contributed by atoms with Crippen LogP contribution in [-0.4, -0.2) is 8.32 Å². The van der Waals surface area contributed by atoms with Crippen molar-refractivity contribution in [2.45, 2.75) is 19.6 Å². The van der Waals surface area contributed by atoms with E-state index in [1.807, 2.05) is 25.7 Å². The van der Waals surface area contributed by atoms with Crippen molar-refractivity contribution in [3.8, 4) is 6.11 Å². The van der Waals surface area contributed by atoms with Crippen molar-refractivity contribution < 1.29 is 4.43 Å². The molecule has 0 aromatic rings. The fraction of sp³-hybridized carbons (Fsp3) is 0.600. The van der Waals surface area contributed by atoms with Crippen molar-refractivity contribution in [1.82, 2.24) is 0 Å². The molecule has 2 heteroatoms. The molecular formula is C5H9OSi. The largest absolute Gasteiger partial charge is 0.500 e. The summed E-state index contributed by atoms with van der Waals surface area (Å²) in [7, 11) is -1.46. The Kier molecular flexibility index (Phi) is 1.91. The fourth-order valence-electron chi connectivity index (χ4n) is 0.153. The fourth-order valence-corrected chi connectivity index (χ4v) is 0.459. The molecule has 0 saturated carbocycles. The van der Waals surface area contributed by atoms with Gasteiger partial charge in [0.2, 0.25) is 0 Å². The quantitative estimate of drug-likeness (QED) is 0.369. The van der Waals surface area contributed by atoms with Gasteiger partial charge in [0.1, 0.15) is 6.11 Å². The van der Waals surface area contributed by atoms with E-state index in [0.717, 1.165) is 0 Å². The second kappa shape index (κ2) is 2.03. The number of hydrogen-bond acceptors (Lipinski definition) is 1. The maximum atomic E-state index is 6.42. The molecular weight excluding hydrogens is 104 g/mol. The Morgan fingerprint density at radius 2 is 1.86 bits per heavy atom. The van der Waals surface area contributed by atoms with Gasteiger partial charge in [-0.2, -0.15) is 0 Å². The second-order valence-electron chi connectivity index (χ2n) is 2.32. The molecule has 1 radical (unpaired) electrons. The van der Waals surface area contributed by atoms with E-state index in [9.17, 15) is 0 Å². The van der Waals surface area contributed by atoms with Crippen LogP contribution in [0.1, 0.15) is 0 Å². The van der Waals surface area contributed by atoms with Crippen LogP contribution in [0.4, 0.5) is 0 Å². The summed E-state index contributed by atoms with van der Waals surface area (Å²) in [4.78, 5) is 0. The van der Waals surface area contributed by atoms with Gasteiger partial charge < -0.3 is 4.43 Å². The molecule has 1 nitrogen and oxygen atoms in total. The van der Waals surface area contributed by atoms with Crippen LogP contribution in [0.2, 0.25) is 19.6 Å². The first-order valence-electron chi connectivity index (χ1n) is 2.16. The molecule has 0 aromatic carbocycles. The molecule has 0 atom stereocenters. The summed E-state index contributed by atoms with van der Waals surface area (Å²) in [6.45, 7) is 6.03. The first-order valence-corrected chi connectivity index (χ1v) is 5.57. The highest BCUT2D eigenvalue weighted by Crippen LogP contribution is 1.99. The zero-order valence-electron chi connectivity index (χ0n) is 4.91. The molecule has 39 valence electrons. The lowest BCUT2D eigenvalue weighted by Gasteiger charge is -2.10. The summed E-state index contributed by atoms with van der Waals surface area (Å²) in [5.74, 6) is 0. The molecule has 0 aromatic heterocycles. The van der Waals surface area contributed by atoms with Crippen LogP contribution in [0.5, 0.6) is 0 Å². The average Bonchev–Trinajstić information content (AvgIpc) is 1.30. The third kappa shape index (κ3) is 5.58. The molecule has 0 amide bonds. The van der Waals surface area contributed by atoms with Crippen molar-refractivity contribution in [3.05, 3.63) is 6.42 Å². The second-order valence-corrected chi connectivity index (χ2v) is 6.75. The Balaban J connectivity index is 3.40. The third-order valence-corrected chi connectivity index (χ3v) is 1.07. The Labute approximate surface area is 45.8 Å². The maximum absolute atomic E-state index is 6.42. The minimum Gasteiger partial charge on any atom is -0.500 e. The molecule has 0 aliphatic rings. The molecule has 0 bridgehead atoms. The minimum atomic E-state index is -1.46. The highest BCUT2D eigenvalue weighted by atomic mass is 28.4. The van der Waals surface area contributed by atoms with Gasteiger partial charge in [0.25, 0.3) is 8.32 Å². The van der Waals surface area contributed by atoms with Crippen LogP contribution in [0, 0.1) is 12.5 Å². The van der Waals surface area contributed by atoms with Crippen LogP contribution in [0.25, 0.3) is 0 Å². The van der Waals surface area contributed by atoms with Crippen molar-refractivity contribution >= 4 is 8.32 Å². The zero-order chi connectivity index (χ0) is 5.91. The molecule has 0 heterocycles. The van der Waals surface area contributed by atoms with E-state index in [-0.39, 0.29) is 0 Å². The molecule has 0 saturated heterocycles. The lowest BCUT2D eigenvalue weighted by atomic mass is 11.3. The summed E-state index contributed by atoms with van der Waals surface area (Å²) in [5.41, 5.74) is 0. The summed E-state index contributed by atoms with van der Waals surface area (Å²) >= 11 is 0. The van der Waals surface area contributed by atoms with Gasteiger partial charge in [0.15, 0.2) is 0 Å². The maximum Gasteiger partial charge on any atom is 0.255 e. The standard InChI is InChI=1S/C5H9OSi/c1-5-6-7(2,3)4/h2-4H3. The topological polar surface area (TPSA) is 9.23 Å². The Hall–Kier alpha value is -0.423. The number of rotatable bonds is 1. The van der Waals surface area contributed by atoms with Gasteiger partial charge in [-0.05, 0) is 19.6 Å². The third-order valence-electron chi connectivity index (χ3n) is 0.357. The highest BCUT2D eigenvalue weighted by molar-refractivity contribution is 6.70. The van der Waals surface area contributed by atoms with Crippen LogP contribution in [0.15, 0.2) is 0 Å². The Bertz CT molecular complexity index is 85.2. The Morgan fingerprint density at radius 3 is 1.86 bits per heavy atom. The summed E-state index contributed by atoms with van der Waals surface area (Å²) in [6.07, 6.45) is 8.34. The van der Waals surface area contributed by atoms with E-state index in [2.05, 4.69) is 0 Å². The van der Waals surface area contributed by atoms with Gasteiger partial charge >= 0.3 is 0 Å². The van der Waals surface area contributed by atoms with Gasteiger partial charge in [-0.25, -0.2) is 0 Å². The van der Waals surface area contributed by atoms with Crippen LogP contribution in [0.3, 0.4) is 0 Å². The van der Waals surface area contributed by atoms with Gasteiger partial charge in [-0.15, -0.1) is 0 Å². The predicted octanol–water partition coefficient (Wildman–Crippen LogP) is 1.39. The molecule has 0 aliphatic carbocycles. The molecule has 7 heavy (non-hydrogen) atoms. The van der Waals surface area contributed by atoms with Crippen molar-refractivity contribution in [3.63, 3.8) is 0 Å². The first-order chi connectivity index (χ1) is 3.06. The smallest absolute Gasteiger partial charge is 0.255 e. The van der Waals surface area contributed by atoms with Crippen LogP contribution < -0.4 is 0 Å². The molecule has 0 rings (SSSR count). The van der Waals surface area contributed by atoms with Crippen LogP contribution >= 0.6 is 0 Å². The van der Waals surface area contributed by atoms with Gasteiger partial charge in [0.05, 0.1) is 0 Å². The van der Waals surface area contributed by atoms with Crippen molar-refractivity contribution in [1.29, 1.82) is 0 Å². The van der Waals surface area contributed by atoms with E-state index in [0.29, 0.717) is 0 Å². The van der Waals surface area contributed by atoms with Crippen LogP contribution in [-0.2, 0) is 4.43 Å². The van der Waals surface area contributed by atoms with Crippen molar-refractivity contribution in [2.75, 3.05) is 0 Å². The molecule has 0 N–H and O–H groups in total. The summed E-state index contributed by atoms with van der Waals surface area (Å²) < 4.78 is 4.78. The van der Waals surface area contributed by atoms with E-state index < -0.39 is 8.32 Å². The van der Waals surface area contributed by atoms with E-state index in [1.54, 1.807) is 0 Å². The lowest BCUT2D eigenvalue weighted by molar-refractivity contribution is 0.519. The molecule has 0 spiro atoms.